The molecular weight excluding hydrogens is 300 g/mol. The Kier molecular flexibility index (Phi) is 5.53. The van der Waals surface area contributed by atoms with Crippen molar-refractivity contribution in [3.05, 3.63) is 36.0 Å². The third-order valence-electron chi connectivity index (χ3n) is 4.91. The number of nitrogens with one attached hydrogen (secondary N) is 1. The minimum absolute atomic E-state index is 0.114. The lowest BCUT2D eigenvalue weighted by atomic mass is 10.1. The van der Waals surface area contributed by atoms with Gasteiger partial charge in [-0.15, -0.1) is 0 Å². The summed E-state index contributed by atoms with van der Waals surface area (Å²) in [6.07, 6.45) is 2.57. The zero-order valence-corrected chi connectivity index (χ0v) is 14.8. The van der Waals surface area contributed by atoms with Gasteiger partial charge in [-0.1, -0.05) is 18.2 Å². The van der Waals surface area contributed by atoms with Crippen LogP contribution in [-0.2, 0) is 17.8 Å². The fraction of sp³-hybridized carbons (Fsp3) is 0.526. The summed E-state index contributed by atoms with van der Waals surface area (Å²) >= 11 is 0. The molecule has 0 atom stereocenters. The van der Waals surface area contributed by atoms with E-state index >= 15 is 0 Å². The van der Waals surface area contributed by atoms with Crippen LogP contribution in [0.15, 0.2) is 30.5 Å². The van der Waals surface area contributed by atoms with E-state index in [2.05, 4.69) is 52.0 Å². The first-order chi connectivity index (χ1) is 11.7. The van der Waals surface area contributed by atoms with Crippen molar-refractivity contribution >= 4 is 16.8 Å². The molecule has 0 bridgehead atoms. The first-order valence-electron chi connectivity index (χ1n) is 8.91. The highest BCUT2D eigenvalue weighted by Crippen LogP contribution is 2.21. The number of amides is 1. The molecule has 1 amide bonds. The number of likely N-dealkylation sites (N-methyl/N-ethyl adjacent to an activating group) is 1. The van der Waals surface area contributed by atoms with E-state index in [1.165, 1.54) is 10.9 Å². The van der Waals surface area contributed by atoms with E-state index in [-0.39, 0.29) is 5.91 Å². The Balaban J connectivity index is 1.52. The molecule has 1 fully saturated rings. The summed E-state index contributed by atoms with van der Waals surface area (Å²) in [4.78, 5) is 17.1. The van der Waals surface area contributed by atoms with Crippen LogP contribution in [0.1, 0.15) is 12.5 Å². The summed E-state index contributed by atoms with van der Waals surface area (Å²) in [6, 6.07) is 8.31. The molecular formula is C19H28N4O. The zero-order chi connectivity index (χ0) is 16.9. The van der Waals surface area contributed by atoms with Crippen molar-refractivity contribution in [2.45, 2.75) is 19.9 Å². The number of hydrogen-bond acceptors (Lipinski definition) is 3. The molecule has 0 radical (unpaired) electrons. The number of aryl methyl sites for hydroxylation is 1. The molecule has 0 aliphatic carbocycles. The van der Waals surface area contributed by atoms with Gasteiger partial charge in [-0.05, 0) is 25.6 Å². The number of benzene rings is 1. The van der Waals surface area contributed by atoms with Crippen molar-refractivity contribution in [2.24, 2.45) is 0 Å². The lowest BCUT2D eigenvalue weighted by Crippen LogP contribution is -2.47. The Bertz CT molecular complexity index is 686. The summed E-state index contributed by atoms with van der Waals surface area (Å²) in [5.74, 6) is 0.114. The molecule has 0 unspecified atom stereocenters. The highest BCUT2D eigenvalue weighted by atomic mass is 16.1. The number of aromatic nitrogens is 1. The number of hydrogen-bond donors (Lipinski definition) is 1. The van der Waals surface area contributed by atoms with E-state index in [1.54, 1.807) is 0 Å². The molecule has 1 aromatic heterocycles. The molecule has 3 rings (SSSR count). The van der Waals surface area contributed by atoms with Crippen molar-refractivity contribution in [1.29, 1.82) is 0 Å². The van der Waals surface area contributed by atoms with Crippen molar-refractivity contribution in [2.75, 3.05) is 46.3 Å². The second-order valence-electron chi connectivity index (χ2n) is 6.63. The third-order valence-corrected chi connectivity index (χ3v) is 4.91. The quantitative estimate of drug-likeness (QED) is 0.875. The molecule has 2 heterocycles. The van der Waals surface area contributed by atoms with Crippen LogP contribution in [0.3, 0.4) is 0 Å². The van der Waals surface area contributed by atoms with Gasteiger partial charge in [0.1, 0.15) is 0 Å². The van der Waals surface area contributed by atoms with Crippen molar-refractivity contribution in [1.82, 2.24) is 19.7 Å². The van der Waals surface area contributed by atoms with Gasteiger partial charge in [0.25, 0.3) is 0 Å². The topological polar surface area (TPSA) is 40.5 Å². The zero-order valence-electron chi connectivity index (χ0n) is 14.8. The van der Waals surface area contributed by atoms with Gasteiger partial charge < -0.3 is 14.8 Å². The van der Waals surface area contributed by atoms with Crippen LogP contribution in [0.25, 0.3) is 10.9 Å². The van der Waals surface area contributed by atoms with Gasteiger partial charge >= 0.3 is 0 Å². The lowest BCUT2D eigenvalue weighted by Gasteiger charge is -2.32. The standard InChI is InChI=1S/C19H28N4O/c1-3-23-15-16(17-6-4-5-7-18(17)23)14-19(24)20-8-9-22-12-10-21(2)11-13-22/h4-7,15H,3,8-14H2,1-2H3,(H,20,24). The maximum absolute atomic E-state index is 12.3. The second kappa shape index (κ2) is 7.81. The fourth-order valence-electron chi connectivity index (χ4n) is 3.39. The molecule has 1 aliphatic rings. The summed E-state index contributed by atoms with van der Waals surface area (Å²) in [7, 11) is 2.16. The number of para-hydroxylation sites is 1. The van der Waals surface area contributed by atoms with Crippen LogP contribution in [0.2, 0.25) is 0 Å². The molecule has 1 aliphatic heterocycles. The predicted octanol–water partition coefficient (Wildman–Crippen LogP) is 1.57. The van der Waals surface area contributed by atoms with Crippen LogP contribution in [0.5, 0.6) is 0 Å². The van der Waals surface area contributed by atoms with E-state index < -0.39 is 0 Å². The molecule has 2 aromatic rings. The summed E-state index contributed by atoms with van der Waals surface area (Å²) in [6.45, 7) is 9.14. The minimum atomic E-state index is 0.114. The predicted molar refractivity (Wildman–Crippen MR) is 98.3 cm³/mol. The van der Waals surface area contributed by atoms with E-state index in [9.17, 15) is 4.79 Å². The first-order valence-corrected chi connectivity index (χ1v) is 8.91. The molecule has 1 aromatic carbocycles. The monoisotopic (exact) mass is 328 g/mol. The van der Waals surface area contributed by atoms with E-state index in [1.807, 2.05) is 12.1 Å². The molecule has 130 valence electrons. The Morgan fingerprint density at radius 3 is 2.67 bits per heavy atom. The number of nitrogens with zero attached hydrogens (tertiary/aromatic N) is 3. The molecule has 5 nitrogen and oxygen atoms in total. The van der Waals surface area contributed by atoms with E-state index in [0.717, 1.165) is 51.4 Å². The van der Waals surface area contributed by atoms with Gasteiger partial charge in [0.2, 0.25) is 5.91 Å². The maximum atomic E-state index is 12.3. The third kappa shape index (κ3) is 3.97. The van der Waals surface area contributed by atoms with Gasteiger partial charge in [-0.25, -0.2) is 0 Å². The number of carbonyl (C=O) groups is 1. The largest absolute Gasteiger partial charge is 0.355 e. The molecule has 1 saturated heterocycles. The van der Waals surface area contributed by atoms with Crippen molar-refractivity contribution in [3.63, 3.8) is 0 Å². The van der Waals surface area contributed by atoms with Crippen LogP contribution in [-0.4, -0.2) is 66.6 Å². The van der Waals surface area contributed by atoms with Crippen LogP contribution < -0.4 is 5.32 Å². The van der Waals surface area contributed by atoms with Crippen molar-refractivity contribution < 1.29 is 4.79 Å². The smallest absolute Gasteiger partial charge is 0.224 e. The van der Waals surface area contributed by atoms with Gasteiger partial charge in [0.15, 0.2) is 0 Å². The average molecular weight is 328 g/mol. The van der Waals surface area contributed by atoms with Gasteiger partial charge in [0.05, 0.1) is 6.42 Å². The maximum Gasteiger partial charge on any atom is 0.224 e. The number of rotatable bonds is 6. The highest BCUT2D eigenvalue weighted by Gasteiger charge is 2.14. The highest BCUT2D eigenvalue weighted by molar-refractivity contribution is 5.89. The Hall–Kier alpha value is -1.85. The molecule has 5 heteroatoms. The van der Waals surface area contributed by atoms with Gasteiger partial charge in [-0.3, -0.25) is 9.69 Å². The van der Waals surface area contributed by atoms with Gasteiger partial charge in [-0.2, -0.15) is 0 Å². The summed E-state index contributed by atoms with van der Waals surface area (Å²) < 4.78 is 2.21. The number of piperazine rings is 1. The molecule has 0 spiro atoms. The minimum Gasteiger partial charge on any atom is -0.355 e. The van der Waals surface area contributed by atoms with Crippen LogP contribution in [0.4, 0.5) is 0 Å². The van der Waals surface area contributed by atoms with Crippen LogP contribution in [0, 0.1) is 0 Å². The Morgan fingerprint density at radius 2 is 1.92 bits per heavy atom. The second-order valence-corrected chi connectivity index (χ2v) is 6.63. The SMILES string of the molecule is CCn1cc(CC(=O)NCCN2CCN(C)CC2)c2ccccc21. The average Bonchev–Trinajstić information content (AvgIpc) is 2.95. The summed E-state index contributed by atoms with van der Waals surface area (Å²) in [5.41, 5.74) is 2.32. The lowest BCUT2D eigenvalue weighted by molar-refractivity contribution is -0.120. The molecule has 0 saturated carbocycles. The molecule has 24 heavy (non-hydrogen) atoms. The van der Waals surface area contributed by atoms with Crippen LogP contribution >= 0.6 is 0 Å². The first kappa shape index (κ1) is 17.0. The van der Waals surface area contributed by atoms with Crippen molar-refractivity contribution in [3.8, 4) is 0 Å². The summed E-state index contributed by atoms with van der Waals surface area (Å²) in [5, 5.41) is 4.27. The van der Waals surface area contributed by atoms with E-state index in [0.29, 0.717) is 6.42 Å². The van der Waals surface area contributed by atoms with E-state index in [4.69, 9.17) is 0 Å². The Labute approximate surface area is 144 Å². The number of carbonyl (C=O) groups excluding carboxylic acids is 1. The molecule has 1 N–H and O–H groups in total. The normalized spacial score (nSPS) is 16.6. The van der Waals surface area contributed by atoms with Gasteiger partial charge in [0, 0.05) is 62.9 Å². The number of fused-ring (bicyclic) bond motifs is 1. The fourth-order valence-corrected chi connectivity index (χ4v) is 3.39. The Morgan fingerprint density at radius 1 is 1.17 bits per heavy atom.